The Hall–Kier alpha value is -1.14. The number of rotatable bonds is 5. The van der Waals surface area contributed by atoms with Crippen molar-refractivity contribution in [3.05, 3.63) is 15.0 Å². The SMILES string of the molecule is CCCNC(=O)c1nc(Cl)sc1C(=O)OCC. The summed E-state index contributed by atoms with van der Waals surface area (Å²) in [4.78, 5) is 27.3. The van der Waals surface area contributed by atoms with E-state index in [2.05, 4.69) is 10.3 Å². The van der Waals surface area contributed by atoms with Gasteiger partial charge in [0, 0.05) is 6.54 Å². The van der Waals surface area contributed by atoms with Crippen LogP contribution in [-0.4, -0.2) is 30.0 Å². The van der Waals surface area contributed by atoms with Crippen LogP contribution in [0.3, 0.4) is 0 Å². The van der Waals surface area contributed by atoms with Crippen molar-refractivity contribution in [1.82, 2.24) is 10.3 Å². The van der Waals surface area contributed by atoms with Crippen molar-refractivity contribution < 1.29 is 14.3 Å². The van der Waals surface area contributed by atoms with Gasteiger partial charge in [-0.25, -0.2) is 9.78 Å². The van der Waals surface area contributed by atoms with Crippen LogP contribution in [-0.2, 0) is 4.74 Å². The Bertz CT molecular complexity index is 420. The molecule has 7 heteroatoms. The lowest BCUT2D eigenvalue weighted by Crippen LogP contribution is -2.26. The standard InChI is InChI=1S/C10H13ClN2O3S/c1-3-5-12-8(14)6-7(9(15)16-4-2)17-10(11)13-6/h3-5H2,1-2H3,(H,12,14). The third kappa shape index (κ3) is 3.67. The summed E-state index contributed by atoms with van der Waals surface area (Å²) in [6, 6.07) is 0. The van der Waals surface area contributed by atoms with Gasteiger partial charge >= 0.3 is 5.97 Å². The quantitative estimate of drug-likeness (QED) is 0.837. The van der Waals surface area contributed by atoms with Gasteiger partial charge in [-0.1, -0.05) is 29.9 Å². The summed E-state index contributed by atoms with van der Waals surface area (Å²) >= 11 is 6.65. The van der Waals surface area contributed by atoms with Crippen molar-refractivity contribution in [2.24, 2.45) is 0 Å². The Labute approximate surface area is 108 Å². The molecular formula is C10H13ClN2O3S. The highest BCUT2D eigenvalue weighted by Gasteiger charge is 2.23. The van der Waals surface area contributed by atoms with E-state index in [1.54, 1.807) is 6.92 Å². The molecule has 0 fully saturated rings. The van der Waals surface area contributed by atoms with Gasteiger partial charge in [0.2, 0.25) is 0 Å². The molecule has 0 saturated carbocycles. The Morgan fingerprint density at radius 1 is 1.47 bits per heavy atom. The predicted molar refractivity (Wildman–Crippen MR) is 65.7 cm³/mol. The van der Waals surface area contributed by atoms with Crippen molar-refractivity contribution in [2.75, 3.05) is 13.2 Å². The highest BCUT2D eigenvalue weighted by molar-refractivity contribution is 7.17. The predicted octanol–water partition coefficient (Wildman–Crippen LogP) is 2.11. The summed E-state index contributed by atoms with van der Waals surface area (Å²) in [6.45, 7) is 4.39. The number of esters is 1. The van der Waals surface area contributed by atoms with Crippen LogP contribution in [0.2, 0.25) is 4.47 Å². The molecule has 94 valence electrons. The van der Waals surface area contributed by atoms with Crippen LogP contribution in [0.15, 0.2) is 0 Å². The van der Waals surface area contributed by atoms with E-state index in [1.807, 2.05) is 6.92 Å². The summed E-state index contributed by atoms with van der Waals surface area (Å²) in [5, 5.41) is 2.64. The number of nitrogens with one attached hydrogen (secondary N) is 1. The normalized spacial score (nSPS) is 10.1. The molecule has 0 aliphatic carbocycles. The number of aromatic nitrogens is 1. The van der Waals surface area contributed by atoms with Gasteiger partial charge in [-0.2, -0.15) is 0 Å². The van der Waals surface area contributed by atoms with Gasteiger partial charge in [0.15, 0.2) is 10.2 Å². The van der Waals surface area contributed by atoms with Gasteiger partial charge in [0.1, 0.15) is 4.88 Å². The van der Waals surface area contributed by atoms with Gasteiger partial charge in [-0.3, -0.25) is 4.79 Å². The molecule has 0 atom stereocenters. The van der Waals surface area contributed by atoms with Crippen LogP contribution in [0.25, 0.3) is 0 Å². The molecule has 0 aliphatic heterocycles. The van der Waals surface area contributed by atoms with Crippen molar-refractivity contribution in [3.63, 3.8) is 0 Å². The Morgan fingerprint density at radius 2 is 2.18 bits per heavy atom. The average molecular weight is 277 g/mol. The van der Waals surface area contributed by atoms with Crippen LogP contribution >= 0.6 is 22.9 Å². The van der Waals surface area contributed by atoms with Crippen LogP contribution in [0.1, 0.15) is 40.4 Å². The Balaban J connectivity index is 2.91. The molecule has 1 amide bonds. The number of hydrogen-bond acceptors (Lipinski definition) is 5. The van der Waals surface area contributed by atoms with E-state index < -0.39 is 11.9 Å². The number of amides is 1. The number of halogens is 1. The molecule has 0 radical (unpaired) electrons. The lowest BCUT2D eigenvalue weighted by Gasteiger charge is -2.03. The fourth-order valence-electron chi connectivity index (χ4n) is 1.11. The fraction of sp³-hybridized carbons (Fsp3) is 0.500. The lowest BCUT2D eigenvalue weighted by atomic mass is 10.3. The zero-order valence-corrected chi connectivity index (χ0v) is 11.2. The van der Waals surface area contributed by atoms with E-state index in [-0.39, 0.29) is 21.6 Å². The summed E-state index contributed by atoms with van der Waals surface area (Å²) in [5.41, 5.74) is 0.0342. The Kier molecular flexibility index (Phi) is 5.37. The minimum absolute atomic E-state index is 0.0342. The zero-order chi connectivity index (χ0) is 12.8. The van der Waals surface area contributed by atoms with Gasteiger partial charge in [0.05, 0.1) is 6.61 Å². The molecule has 0 aliphatic rings. The number of carbonyl (C=O) groups excluding carboxylic acids is 2. The average Bonchev–Trinajstić information content (AvgIpc) is 2.68. The van der Waals surface area contributed by atoms with Crippen LogP contribution < -0.4 is 5.32 Å². The molecule has 1 aromatic rings. The summed E-state index contributed by atoms with van der Waals surface area (Å²) < 4.78 is 4.98. The van der Waals surface area contributed by atoms with Crippen LogP contribution in [0, 0.1) is 0 Å². The van der Waals surface area contributed by atoms with Crippen LogP contribution in [0.5, 0.6) is 0 Å². The van der Waals surface area contributed by atoms with E-state index >= 15 is 0 Å². The molecule has 1 N–H and O–H groups in total. The van der Waals surface area contributed by atoms with Gasteiger partial charge in [0.25, 0.3) is 5.91 Å². The molecule has 0 unspecified atom stereocenters. The van der Waals surface area contributed by atoms with E-state index in [0.717, 1.165) is 17.8 Å². The van der Waals surface area contributed by atoms with Gasteiger partial charge < -0.3 is 10.1 Å². The highest BCUT2D eigenvalue weighted by Crippen LogP contribution is 2.23. The molecule has 0 bridgehead atoms. The first kappa shape index (κ1) is 13.9. The number of hydrogen-bond donors (Lipinski definition) is 1. The summed E-state index contributed by atoms with van der Waals surface area (Å²) in [6.07, 6.45) is 0.804. The lowest BCUT2D eigenvalue weighted by molar-refractivity contribution is 0.0528. The van der Waals surface area contributed by atoms with Crippen molar-refractivity contribution in [2.45, 2.75) is 20.3 Å². The first-order valence-corrected chi connectivity index (χ1v) is 6.41. The molecule has 0 saturated heterocycles. The minimum atomic E-state index is -0.571. The van der Waals surface area contributed by atoms with Gasteiger partial charge in [-0.15, -0.1) is 0 Å². The van der Waals surface area contributed by atoms with E-state index in [9.17, 15) is 9.59 Å². The largest absolute Gasteiger partial charge is 0.462 e. The highest BCUT2D eigenvalue weighted by atomic mass is 35.5. The summed E-state index contributed by atoms with van der Waals surface area (Å²) in [5.74, 6) is -0.975. The molecule has 1 heterocycles. The monoisotopic (exact) mass is 276 g/mol. The molecule has 5 nitrogen and oxygen atoms in total. The maximum atomic E-state index is 11.7. The number of carbonyl (C=O) groups is 2. The molecule has 1 aromatic heterocycles. The smallest absolute Gasteiger partial charge is 0.350 e. The Morgan fingerprint density at radius 3 is 2.76 bits per heavy atom. The third-order valence-electron chi connectivity index (χ3n) is 1.81. The van der Waals surface area contributed by atoms with Crippen molar-refractivity contribution in [3.8, 4) is 0 Å². The molecule has 17 heavy (non-hydrogen) atoms. The summed E-state index contributed by atoms with van der Waals surface area (Å²) in [7, 11) is 0. The van der Waals surface area contributed by atoms with E-state index in [1.165, 1.54) is 0 Å². The van der Waals surface area contributed by atoms with E-state index in [4.69, 9.17) is 16.3 Å². The maximum Gasteiger partial charge on any atom is 0.350 e. The second-order valence-electron chi connectivity index (χ2n) is 3.12. The molecule has 0 spiro atoms. The second-order valence-corrected chi connectivity index (χ2v) is 4.70. The van der Waals surface area contributed by atoms with Crippen LogP contribution in [0.4, 0.5) is 0 Å². The van der Waals surface area contributed by atoms with Gasteiger partial charge in [-0.05, 0) is 13.3 Å². The fourth-order valence-corrected chi connectivity index (χ4v) is 2.10. The van der Waals surface area contributed by atoms with E-state index in [0.29, 0.717) is 6.54 Å². The maximum absolute atomic E-state index is 11.7. The van der Waals surface area contributed by atoms with Crippen molar-refractivity contribution >= 4 is 34.8 Å². The second kappa shape index (κ2) is 6.56. The van der Waals surface area contributed by atoms with Crippen molar-refractivity contribution in [1.29, 1.82) is 0 Å². The zero-order valence-electron chi connectivity index (χ0n) is 9.58. The topological polar surface area (TPSA) is 68.3 Å². The third-order valence-corrected chi connectivity index (χ3v) is 2.95. The minimum Gasteiger partial charge on any atom is -0.462 e. The first-order chi connectivity index (χ1) is 8.10. The number of nitrogens with zero attached hydrogens (tertiary/aromatic N) is 1. The molecular weight excluding hydrogens is 264 g/mol. The first-order valence-electron chi connectivity index (χ1n) is 5.21. The number of ether oxygens (including phenoxy) is 1. The molecule has 0 aromatic carbocycles. The molecule has 1 rings (SSSR count). The number of thiazole rings is 1.